The Bertz CT molecular complexity index is 754. The zero-order chi connectivity index (χ0) is 18.0. The molecule has 2 aromatic rings. The van der Waals surface area contributed by atoms with Gasteiger partial charge in [0.05, 0.1) is 11.3 Å². The quantitative estimate of drug-likeness (QED) is 0.741. The second-order valence-electron chi connectivity index (χ2n) is 6.25. The number of nitrogen functional groups attached to an aromatic ring is 1. The van der Waals surface area contributed by atoms with Crippen LogP contribution in [0.25, 0.3) is 11.3 Å². The Balaban J connectivity index is 1.82. The molecule has 8 heteroatoms. The van der Waals surface area contributed by atoms with E-state index in [9.17, 15) is 13.2 Å². The average molecular weight is 351 g/mol. The first-order valence-corrected chi connectivity index (χ1v) is 8.13. The molecule has 134 valence electrons. The van der Waals surface area contributed by atoms with Crippen LogP contribution >= 0.6 is 0 Å². The number of nitrogens with one attached hydrogen (secondary N) is 2. The summed E-state index contributed by atoms with van der Waals surface area (Å²) in [6.45, 7) is 3.78. The van der Waals surface area contributed by atoms with E-state index in [1.807, 2.05) is 6.92 Å². The Kier molecular flexibility index (Phi) is 4.80. The van der Waals surface area contributed by atoms with Gasteiger partial charge in [0, 0.05) is 23.8 Å². The zero-order valence-electron chi connectivity index (χ0n) is 13.8. The van der Waals surface area contributed by atoms with Gasteiger partial charge in [-0.2, -0.15) is 13.2 Å². The van der Waals surface area contributed by atoms with Gasteiger partial charge < -0.3 is 16.4 Å². The highest BCUT2D eigenvalue weighted by atomic mass is 19.4. The van der Waals surface area contributed by atoms with Crippen LogP contribution in [0.3, 0.4) is 0 Å². The normalized spacial score (nSPS) is 18.2. The number of aromatic nitrogens is 2. The first-order chi connectivity index (χ1) is 11.8. The van der Waals surface area contributed by atoms with Crippen LogP contribution in [-0.4, -0.2) is 29.3 Å². The fourth-order valence-electron chi connectivity index (χ4n) is 2.90. The van der Waals surface area contributed by atoms with Crippen molar-refractivity contribution in [3.05, 3.63) is 35.4 Å². The fraction of sp³-hybridized carbons (Fsp3) is 0.412. The van der Waals surface area contributed by atoms with Gasteiger partial charge in [0.25, 0.3) is 0 Å². The molecule has 2 heterocycles. The van der Waals surface area contributed by atoms with Crippen LogP contribution in [-0.2, 0) is 6.18 Å². The molecule has 0 saturated carbocycles. The number of hydrogen-bond acceptors (Lipinski definition) is 5. The SMILES string of the molecule is Cc1cc(-c2ccc(C(F)(F)F)cc2N)nnc1NC1CCCNC1. The zero-order valence-corrected chi connectivity index (χ0v) is 13.8. The summed E-state index contributed by atoms with van der Waals surface area (Å²) in [4.78, 5) is 0. The maximum Gasteiger partial charge on any atom is 0.416 e. The monoisotopic (exact) mass is 351 g/mol. The van der Waals surface area contributed by atoms with Gasteiger partial charge in [-0.3, -0.25) is 0 Å². The van der Waals surface area contributed by atoms with E-state index in [0.717, 1.165) is 43.6 Å². The third-order valence-corrected chi connectivity index (χ3v) is 4.28. The molecule has 0 bridgehead atoms. The standard InChI is InChI=1S/C17H20F3N5/c1-10-7-15(13-5-4-11(8-14(13)21)17(18,19)20)24-25-16(10)23-12-3-2-6-22-9-12/h4-5,7-8,12,22H,2-3,6,9,21H2,1H3,(H,23,25). The number of aryl methyl sites for hydroxylation is 1. The number of nitrogens with two attached hydrogens (primary N) is 1. The van der Waals surface area contributed by atoms with Crippen molar-refractivity contribution in [2.75, 3.05) is 24.1 Å². The molecular formula is C17H20F3N5. The summed E-state index contributed by atoms with van der Waals surface area (Å²) < 4.78 is 38.2. The Labute approximate surface area is 143 Å². The van der Waals surface area contributed by atoms with Crippen LogP contribution in [0.5, 0.6) is 0 Å². The van der Waals surface area contributed by atoms with Crippen molar-refractivity contribution < 1.29 is 13.2 Å². The largest absolute Gasteiger partial charge is 0.416 e. The molecule has 25 heavy (non-hydrogen) atoms. The topological polar surface area (TPSA) is 75.9 Å². The van der Waals surface area contributed by atoms with E-state index in [0.29, 0.717) is 23.1 Å². The summed E-state index contributed by atoms with van der Waals surface area (Å²) in [5.74, 6) is 0.683. The fourth-order valence-corrected chi connectivity index (χ4v) is 2.90. The van der Waals surface area contributed by atoms with E-state index in [1.54, 1.807) is 6.07 Å². The molecule has 4 N–H and O–H groups in total. The van der Waals surface area contributed by atoms with E-state index >= 15 is 0 Å². The molecule has 0 radical (unpaired) electrons. The highest BCUT2D eigenvalue weighted by Gasteiger charge is 2.31. The third-order valence-electron chi connectivity index (χ3n) is 4.28. The molecular weight excluding hydrogens is 331 g/mol. The van der Waals surface area contributed by atoms with Gasteiger partial charge in [-0.05, 0) is 50.1 Å². The molecule has 1 saturated heterocycles. The number of anilines is 2. The van der Waals surface area contributed by atoms with Crippen LogP contribution in [0.2, 0.25) is 0 Å². The van der Waals surface area contributed by atoms with Crippen LogP contribution in [0.4, 0.5) is 24.7 Å². The second-order valence-corrected chi connectivity index (χ2v) is 6.25. The summed E-state index contributed by atoms with van der Waals surface area (Å²) in [6, 6.07) is 5.34. The second kappa shape index (κ2) is 6.87. The number of hydrogen-bond donors (Lipinski definition) is 3. The minimum Gasteiger partial charge on any atom is -0.398 e. The van der Waals surface area contributed by atoms with E-state index < -0.39 is 11.7 Å². The number of halogens is 3. The molecule has 0 aliphatic carbocycles. The molecule has 3 rings (SSSR count). The first kappa shape index (κ1) is 17.5. The number of piperidine rings is 1. The van der Waals surface area contributed by atoms with Crippen molar-refractivity contribution in [3.8, 4) is 11.3 Å². The predicted octanol–water partition coefficient (Wildman–Crippen LogP) is 3.22. The van der Waals surface area contributed by atoms with Gasteiger partial charge in [-0.1, -0.05) is 6.07 Å². The van der Waals surface area contributed by atoms with Crippen LogP contribution in [0.1, 0.15) is 24.0 Å². The Morgan fingerprint density at radius 2 is 2.04 bits per heavy atom. The molecule has 1 aromatic carbocycles. The summed E-state index contributed by atoms with van der Waals surface area (Å²) in [5.41, 5.74) is 6.81. The Morgan fingerprint density at radius 3 is 2.64 bits per heavy atom. The van der Waals surface area contributed by atoms with Crippen LogP contribution in [0.15, 0.2) is 24.3 Å². The van der Waals surface area contributed by atoms with Crippen molar-refractivity contribution in [1.29, 1.82) is 0 Å². The molecule has 1 atom stereocenters. The summed E-state index contributed by atoms with van der Waals surface area (Å²) in [6.07, 6.45) is -2.26. The number of nitrogens with zero attached hydrogens (tertiary/aromatic N) is 2. The molecule has 1 unspecified atom stereocenters. The third kappa shape index (κ3) is 4.01. The van der Waals surface area contributed by atoms with Gasteiger partial charge in [0.15, 0.2) is 5.82 Å². The van der Waals surface area contributed by atoms with Crippen molar-refractivity contribution in [2.45, 2.75) is 32.0 Å². The first-order valence-electron chi connectivity index (χ1n) is 8.13. The van der Waals surface area contributed by atoms with Crippen molar-refractivity contribution in [3.63, 3.8) is 0 Å². The lowest BCUT2D eigenvalue weighted by Gasteiger charge is -2.24. The van der Waals surface area contributed by atoms with Crippen molar-refractivity contribution >= 4 is 11.5 Å². The van der Waals surface area contributed by atoms with Gasteiger partial charge in [0.1, 0.15) is 0 Å². The maximum absolute atomic E-state index is 12.7. The number of benzene rings is 1. The average Bonchev–Trinajstić information content (AvgIpc) is 2.57. The van der Waals surface area contributed by atoms with E-state index in [1.165, 1.54) is 6.07 Å². The smallest absolute Gasteiger partial charge is 0.398 e. The molecule has 1 aliphatic rings. The Morgan fingerprint density at radius 1 is 1.24 bits per heavy atom. The lowest BCUT2D eigenvalue weighted by Crippen LogP contribution is -2.38. The van der Waals surface area contributed by atoms with Crippen molar-refractivity contribution in [2.24, 2.45) is 0 Å². The van der Waals surface area contributed by atoms with Crippen LogP contribution in [0, 0.1) is 6.92 Å². The highest BCUT2D eigenvalue weighted by molar-refractivity contribution is 5.75. The summed E-state index contributed by atoms with van der Waals surface area (Å²) >= 11 is 0. The predicted molar refractivity (Wildman–Crippen MR) is 91.1 cm³/mol. The number of rotatable bonds is 3. The number of alkyl halides is 3. The van der Waals surface area contributed by atoms with Gasteiger partial charge in [-0.25, -0.2) is 0 Å². The minimum absolute atomic E-state index is 0.0284. The molecule has 5 nitrogen and oxygen atoms in total. The molecule has 1 aliphatic heterocycles. The molecule has 1 fully saturated rings. The Hall–Kier alpha value is -2.35. The highest BCUT2D eigenvalue weighted by Crippen LogP contribution is 2.34. The van der Waals surface area contributed by atoms with E-state index in [-0.39, 0.29) is 5.69 Å². The molecule has 1 aromatic heterocycles. The molecule has 0 amide bonds. The molecule has 0 spiro atoms. The van der Waals surface area contributed by atoms with E-state index in [2.05, 4.69) is 20.8 Å². The van der Waals surface area contributed by atoms with Gasteiger partial charge in [0.2, 0.25) is 0 Å². The summed E-state index contributed by atoms with van der Waals surface area (Å²) in [5, 5.41) is 15.0. The lowest BCUT2D eigenvalue weighted by atomic mass is 10.0. The van der Waals surface area contributed by atoms with Gasteiger partial charge in [-0.15, -0.1) is 10.2 Å². The van der Waals surface area contributed by atoms with E-state index in [4.69, 9.17) is 5.73 Å². The van der Waals surface area contributed by atoms with Gasteiger partial charge >= 0.3 is 6.18 Å². The van der Waals surface area contributed by atoms with Crippen molar-refractivity contribution in [1.82, 2.24) is 15.5 Å². The summed E-state index contributed by atoms with van der Waals surface area (Å²) in [7, 11) is 0. The lowest BCUT2D eigenvalue weighted by molar-refractivity contribution is -0.137. The van der Waals surface area contributed by atoms with Crippen LogP contribution < -0.4 is 16.4 Å². The maximum atomic E-state index is 12.7. The minimum atomic E-state index is -4.42.